The van der Waals surface area contributed by atoms with Gasteiger partial charge in [-0.25, -0.2) is 29.9 Å². The number of fused-ring (bicyclic) bond motifs is 12. The Hall–Kier alpha value is -15.0. The highest BCUT2D eigenvalue weighted by atomic mass is 35.5. The molecule has 0 fully saturated rings. The normalized spacial score (nSPS) is 15.8. The monoisotopic (exact) mass is 1670 g/mol. The van der Waals surface area contributed by atoms with Crippen molar-refractivity contribution in [2.45, 2.75) is 91.1 Å². The number of H-pyrrole nitrogens is 5. The number of para-hydroxylation sites is 6. The number of halogens is 1. The van der Waals surface area contributed by atoms with E-state index < -0.39 is 0 Å². The third-order valence-corrected chi connectivity index (χ3v) is 25.8. The van der Waals surface area contributed by atoms with Crippen molar-refractivity contribution in [3.63, 3.8) is 0 Å². The molecule has 0 spiro atoms. The minimum absolute atomic E-state index is 0.0287. The summed E-state index contributed by atoms with van der Waals surface area (Å²) in [6.07, 6.45) is 26.0. The van der Waals surface area contributed by atoms with Gasteiger partial charge in [0, 0.05) is 221 Å². The third-order valence-electron chi connectivity index (χ3n) is 25.4. The van der Waals surface area contributed by atoms with E-state index in [4.69, 9.17) is 11.6 Å². The number of anilines is 6. The molecule has 8 aromatic carbocycles. The van der Waals surface area contributed by atoms with Crippen molar-refractivity contribution in [2.24, 2.45) is 18.9 Å². The average Bonchev–Trinajstić information content (AvgIpc) is 1.62. The fourth-order valence-corrected chi connectivity index (χ4v) is 19.8. The van der Waals surface area contributed by atoms with Gasteiger partial charge in [0.05, 0.1) is 30.2 Å². The summed E-state index contributed by atoms with van der Waals surface area (Å²) in [5, 5.41) is 30.2. The summed E-state index contributed by atoms with van der Waals surface area (Å²) in [6, 6.07) is 81.3. The maximum atomic E-state index is 6.50. The number of hydrogen-bond donors (Lipinski definition) is 11. The number of nitrogens with zero attached hydrogens (tertiary/aromatic N) is 7. The smallest absolute Gasteiger partial charge is 0.140 e. The molecule has 620 valence electrons. The van der Waals surface area contributed by atoms with Crippen molar-refractivity contribution in [1.82, 2.24) is 59.4 Å². The third kappa shape index (κ3) is 14.1. The molecule has 26 rings (SSSR count). The summed E-state index contributed by atoms with van der Waals surface area (Å²) in [6.45, 7) is 14.2. The highest BCUT2D eigenvalue weighted by molar-refractivity contribution is 6.31. The Bertz CT molecular complexity index is 7480. The molecule has 6 aliphatic rings. The quantitative estimate of drug-likeness (QED) is 0.0746. The van der Waals surface area contributed by atoms with E-state index in [9.17, 15) is 0 Å². The lowest BCUT2D eigenvalue weighted by atomic mass is 9.95. The van der Waals surface area contributed by atoms with Gasteiger partial charge in [-0.15, -0.1) is 0 Å². The van der Waals surface area contributed by atoms with Crippen LogP contribution in [0.1, 0.15) is 128 Å². The number of aromatic nitrogens is 12. The van der Waals surface area contributed by atoms with Gasteiger partial charge in [0.1, 0.15) is 33.9 Å². The van der Waals surface area contributed by atoms with E-state index in [1.54, 1.807) is 0 Å². The fraction of sp³-hybridized carbons (Fsp3) is 0.159. The minimum atomic E-state index is -0.0287. The number of pyridine rings is 6. The van der Waals surface area contributed by atoms with Crippen molar-refractivity contribution >= 4 is 112 Å². The molecule has 0 amide bonds. The summed E-state index contributed by atoms with van der Waals surface area (Å²) in [5.74, 6) is 1.14. The zero-order valence-electron chi connectivity index (χ0n) is 71.0. The SMILES string of the molecule is CC(C)C1Nc2ccccc2-c2ccnc3[nH]cc1c23.CC(C)CC1Nc2ccccc2-c2ccnc3[nH]cc1c23.CCC1Nc2ccccc2-c2ccnc3[nH]cc1c23.Cc1ccc(C2Nc3ccccc3-c3ccnc4[nH]cc2c34)cc1.Clc1ccccc1C1Nc2ccccc2-c2ccnc3[nH]cc1c23.Cn1cc2c3c(ccnc31)-c1ccccc1NC2. The standard InChI is InChI=1S/C21H17N3.C20H14ClN3.C18H19N3.C17H17N3.C16H15N3.C15H13N3/c1-13-6-8-14(9-7-13)20-17-12-23-21-19(17)16(10-11-22-21)15-4-2-3-5-18(15)24-20;21-16-7-3-1-6-14(16)19-15-11-23-20-18(15)13(9-10-22-20)12-5-2-4-8-17(12)24-19;1-11(2)9-16-14-10-20-18-17(14)13(7-8-19-18)12-5-3-4-6-15(12)21-16;1-10(2)16-13-9-19-17-15(13)12(7-8-18-17)11-5-3-4-6-14(11)20-16;1-2-13-12-9-18-16-15(12)11(7-8-17-16)10-5-3-4-6-14(10)19-13;1-18-9-10-8-17-13-5-3-2-4-11(13)12-6-7-16-15(18)14(10)12/h2-12,20,24H,1H3,(H,22,23);1-11,19,24H,(H,22,23);3-8,10-11,16,21H,9H2,1-2H3,(H,19,20);3-10,16,20H,1-2H3,(H,18,19);3-9,13,19H,2H2,1H3,(H,17,18);2-7,9,17H,8H2,1H3. The molecule has 5 unspecified atom stereocenters. The number of benzene rings is 8. The number of aromatic amines is 5. The van der Waals surface area contributed by atoms with Gasteiger partial charge in [-0.1, -0.05) is 203 Å². The van der Waals surface area contributed by atoms with Crippen LogP contribution in [0.15, 0.2) is 305 Å². The Balaban J connectivity index is 0.0000000926. The van der Waals surface area contributed by atoms with E-state index in [0.717, 1.165) is 86.2 Å². The lowest BCUT2D eigenvalue weighted by molar-refractivity contribution is 0.533. The first-order valence-corrected chi connectivity index (χ1v) is 43.9. The van der Waals surface area contributed by atoms with E-state index >= 15 is 0 Å². The molecule has 0 saturated heterocycles. The van der Waals surface area contributed by atoms with Crippen LogP contribution in [0.2, 0.25) is 5.02 Å². The molecule has 0 bridgehead atoms. The van der Waals surface area contributed by atoms with Gasteiger partial charge in [-0.3, -0.25) is 0 Å². The van der Waals surface area contributed by atoms with Crippen LogP contribution in [0.25, 0.3) is 133 Å². The summed E-state index contributed by atoms with van der Waals surface area (Å²) >= 11 is 6.50. The number of rotatable bonds is 6. The summed E-state index contributed by atoms with van der Waals surface area (Å²) < 4.78 is 2.10. The molecular formula is C107H95ClN18. The molecule has 18 heterocycles. The second-order valence-electron chi connectivity index (χ2n) is 34.0. The Morgan fingerprint density at radius 3 is 1.17 bits per heavy atom. The van der Waals surface area contributed by atoms with E-state index in [2.05, 4.69) is 383 Å². The second kappa shape index (κ2) is 33.0. The largest absolute Gasteiger partial charge is 0.380 e. The van der Waals surface area contributed by atoms with Crippen molar-refractivity contribution in [2.75, 3.05) is 31.9 Å². The van der Waals surface area contributed by atoms with Gasteiger partial charge in [0.15, 0.2) is 0 Å². The van der Waals surface area contributed by atoms with Gasteiger partial charge in [-0.05, 0) is 161 Å². The first-order valence-electron chi connectivity index (χ1n) is 43.5. The molecule has 126 heavy (non-hydrogen) atoms. The van der Waals surface area contributed by atoms with Gasteiger partial charge in [0.2, 0.25) is 0 Å². The summed E-state index contributed by atoms with van der Waals surface area (Å²) in [5.41, 5.74) is 39.1. The first-order chi connectivity index (χ1) is 61.9. The van der Waals surface area contributed by atoms with Crippen molar-refractivity contribution in [3.05, 3.63) is 360 Å². The molecule has 6 aliphatic heterocycles. The fourth-order valence-electron chi connectivity index (χ4n) is 19.5. The Labute approximate surface area is 735 Å². The van der Waals surface area contributed by atoms with Crippen LogP contribution < -0.4 is 31.9 Å². The van der Waals surface area contributed by atoms with Gasteiger partial charge >= 0.3 is 0 Å². The first kappa shape index (κ1) is 78.3. The number of hydrogen-bond acceptors (Lipinski definition) is 12. The average molecular weight is 1670 g/mol. The maximum Gasteiger partial charge on any atom is 0.140 e. The molecular weight excluding hydrogens is 1570 g/mol. The van der Waals surface area contributed by atoms with Crippen molar-refractivity contribution in [1.29, 1.82) is 0 Å². The highest BCUT2D eigenvalue weighted by Crippen LogP contribution is 2.50. The van der Waals surface area contributed by atoms with Crippen LogP contribution in [-0.2, 0) is 13.6 Å². The van der Waals surface area contributed by atoms with Crippen LogP contribution in [0.3, 0.4) is 0 Å². The molecule has 12 aromatic heterocycles. The summed E-state index contributed by atoms with van der Waals surface area (Å²) in [4.78, 5) is 43.5. The van der Waals surface area contributed by atoms with E-state index in [-0.39, 0.29) is 12.1 Å². The molecule has 19 heteroatoms. The number of aryl methyl sites for hydroxylation is 2. The zero-order chi connectivity index (χ0) is 85.2. The molecule has 5 atom stereocenters. The molecule has 11 N–H and O–H groups in total. The van der Waals surface area contributed by atoms with Gasteiger partial charge < -0.3 is 61.4 Å². The topological polar surface area (TPSA) is 233 Å². The van der Waals surface area contributed by atoms with Crippen LogP contribution >= 0.6 is 11.6 Å². The van der Waals surface area contributed by atoms with Gasteiger partial charge in [-0.2, -0.15) is 0 Å². The Morgan fingerprint density at radius 2 is 0.706 bits per heavy atom. The molecule has 0 aliphatic carbocycles. The predicted molar refractivity (Wildman–Crippen MR) is 518 cm³/mol. The molecule has 0 radical (unpaired) electrons. The second-order valence-corrected chi connectivity index (χ2v) is 34.4. The van der Waals surface area contributed by atoms with Crippen molar-refractivity contribution < 1.29 is 0 Å². The van der Waals surface area contributed by atoms with Crippen LogP contribution in [0, 0.1) is 18.8 Å². The molecule has 0 saturated carbocycles. The Kier molecular flexibility index (Phi) is 20.5. The predicted octanol–water partition coefficient (Wildman–Crippen LogP) is 26.8. The van der Waals surface area contributed by atoms with E-state index in [1.165, 1.54) is 155 Å². The lowest BCUT2D eigenvalue weighted by Gasteiger charge is -2.22. The number of nitrogens with one attached hydrogen (secondary N) is 11. The van der Waals surface area contributed by atoms with Crippen LogP contribution in [0.4, 0.5) is 34.1 Å². The highest BCUT2D eigenvalue weighted by Gasteiger charge is 2.33. The van der Waals surface area contributed by atoms with E-state index in [1.807, 2.05) is 61.6 Å². The Morgan fingerprint density at radius 1 is 0.349 bits per heavy atom. The van der Waals surface area contributed by atoms with Crippen LogP contribution in [0.5, 0.6) is 0 Å². The van der Waals surface area contributed by atoms with Gasteiger partial charge in [0.25, 0.3) is 0 Å². The maximum absolute atomic E-state index is 6.50. The minimum Gasteiger partial charge on any atom is -0.380 e. The lowest BCUT2D eigenvalue weighted by Crippen LogP contribution is -2.15. The van der Waals surface area contributed by atoms with Crippen molar-refractivity contribution in [3.8, 4) is 66.8 Å². The molecule has 20 aromatic rings. The molecule has 18 nitrogen and oxygen atoms in total. The van der Waals surface area contributed by atoms with E-state index in [0.29, 0.717) is 30.0 Å². The van der Waals surface area contributed by atoms with Crippen LogP contribution in [-0.4, -0.2) is 59.4 Å². The summed E-state index contributed by atoms with van der Waals surface area (Å²) in [7, 11) is 2.05. The zero-order valence-corrected chi connectivity index (χ0v) is 71.8.